The van der Waals surface area contributed by atoms with Crippen LogP contribution in [0, 0.1) is 93.2 Å². The lowest BCUT2D eigenvalue weighted by molar-refractivity contribution is -0.145. The lowest BCUT2D eigenvalue weighted by atomic mass is 9.77. The summed E-state index contributed by atoms with van der Waals surface area (Å²) in [6.45, 7) is 19.4. The molecule has 15 amide bonds. The average Bonchev–Trinajstić information content (AvgIpc) is 1.53. The van der Waals surface area contributed by atoms with Gasteiger partial charge in [0, 0.05) is 42.7 Å². The van der Waals surface area contributed by atoms with Gasteiger partial charge in [0.2, 0.25) is 52.8 Å². The number of hydrogen-bond acceptors (Lipinski definition) is 16. The minimum absolute atomic E-state index is 0.0221. The van der Waals surface area contributed by atoms with Gasteiger partial charge in [-0.05, 0) is 212 Å². The number of aromatic hydroxyl groups is 1. The van der Waals surface area contributed by atoms with Crippen LogP contribution in [-0.4, -0.2) is 199 Å². The Morgan fingerprint density at radius 3 is 1.04 bits per heavy atom. The van der Waals surface area contributed by atoms with Crippen LogP contribution in [0.15, 0.2) is 84.9 Å². The average molecular weight is 1930 g/mol. The second-order valence-electron chi connectivity index (χ2n) is 46.7. The number of carbonyl (C=O) groups excluding carboxylic acids is 15. The smallest absolute Gasteiger partial charge is 0.315 e. The van der Waals surface area contributed by atoms with Gasteiger partial charge in [-0.2, -0.15) is 0 Å². The van der Waals surface area contributed by atoms with Crippen LogP contribution in [0.4, 0.5) is 14.4 Å². The number of primary amides is 3. The maximum Gasteiger partial charge on any atom is 0.315 e. The number of rotatable bonds is 35. The van der Waals surface area contributed by atoms with Crippen LogP contribution in [-0.2, 0) is 76.8 Å². The van der Waals surface area contributed by atoms with Crippen molar-refractivity contribution < 1.29 is 77.0 Å². The highest BCUT2D eigenvalue weighted by molar-refractivity contribution is 6.39. The zero-order chi connectivity index (χ0) is 101. The number of benzene rings is 3. The first-order valence-electron chi connectivity index (χ1n) is 52.4. The number of terminal acetylenes is 1. The van der Waals surface area contributed by atoms with Crippen LogP contribution >= 0.6 is 0 Å². The van der Waals surface area contributed by atoms with Crippen LogP contribution < -0.4 is 65.1 Å². The monoisotopic (exact) mass is 1930 g/mol. The standard InChI is InChI=1S/C37H53N5O6.C37H53N5O5.C35H49N5O5/c1-36(2)26-21-42(30(28(26)36)33(46)39-27(19-22-14-15-22)31(44)32(38)45)34(47)29(24-11-5-3-6-12-24)40-35(48)41-37(16-7-4-8-17-37)20-23-10-9-13-25(43)18-23;1-36(2)26-22-42(30(28(26)36)33(45)39-27(20-23-16-17-23)31(43)32(38)44)34(46)29(25-14-8-4-9-15-25)40-35(47)41-37(18-10-5-11-19-37)21-24-12-6-3-7-13-24;1-7-8-17-24(27(41)29(36)42)37-30(43)26-25-23(34(25,5)6)21-40(26)31(44)28(33(2,3)4)38-32(45)39-35(18-13-10-14-19-35)20-22-15-11-9-12-16-22/h9-10,13,18,22,24,26-30,43H,3-8,11-12,14-17,19-21H2,1-2H3,(H2,38,45)(H,39,46)(H2,40,41,48);3,6-7,12-13,23,25-30H,4-5,8-11,14-22H2,1-2H3,(H2,38,44)(H,39,45)(H2,40,41,47);1,9,11-12,15-16,23-26,28H,8,10,13-14,17-21H2,2-6H3,(H2,36,42)(H,37,43)(H2,38,39,45)/t2*26-,27?,28-,29-,30-;23-,24?,25-,26-,28+/m000/s1. The van der Waals surface area contributed by atoms with Gasteiger partial charge < -0.3 is 84.9 Å². The summed E-state index contributed by atoms with van der Waals surface area (Å²) in [7, 11) is 0. The molecular weight excluding hydrogens is 1780 g/mol. The lowest BCUT2D eigenvalue weighted by Gasteiger charge is -2.41. The van der Waals surface area contributed by atoms with Gasteiger partial charge in [0.05, 0.1) is 18.1 Å². The van der Waals surface area contributed by atoms with Crippen LogP contribution in [0.1, 0.15) is 291 Å². The van der Waals surface area contributed by atoms with E-state index in [1.165, 1.54) is 5.56 Å². The number of nitrogens with one attached hydrogen (secondary N) is 9. The van der Waals surface area contributed by atoms with Crippen LogP contribution in [0.25, 0.3) is 0 Å². The van der Waals surface area contributed by atoms with Gasteiger partial charge in [-0.25, -0.2) is 14.4 Å². The Morgan fingerprint density at radius 2 is 0.714 bits per heavy atom. The fourth-order valence-electron chi connectivity index (χ4n) is 25.9. The molecule has 0 radical (unpaired) electrons. The summed E-state index contributed by atoms with van der Waals surface area (Å²) in [4.78, 5) is 205. The molecular formula is C109H155N15O16. The number of ketones is 3. The minimum Gasteiger partial charge on any atom is -0.508 e. The number of nitrogens with two attached hydrogens (primary N) is 3. The molecule has 13 aliphatic rings. The molecule has 762 valence electrons. The summed E-state index contributed by atoms with van der Waals surface area (Å²) >= 11 is 0. The van der Waals surface area contributed by atoms with Crippen molar-refractivity contribution in [3.05, 3.63) is 102 Å². The fraction of sp³-hybridized carbons (Fsp3) is 0.679. The van der Waals surface area contributed by atoms with Crippen molar-refractivity contribution in [2.45, 2.75) is 364 Å². The summed E-state index contributed by atoms with van der Waals surface area (Å²) in [6.07, 6.45) is 36.0. The number of Topliss-reactive ketones (excluding diaryl/α,β-unsaturated/α-hetero) is 3. The van der Waals surface area contributed by atoms with E-state index in [4.69, 9.17) is 23.6 Å². The fourth-order valence-corrected chi connectivity index (χ4v) is 25.9. The molecule has 10 aliphatic carbocycles. The number of amides is 15. The molecule has 15 atom stereocenters. The van der Waals surface area contributed by atoms with Crippen LogP contribution in [0.3, 0.4) is 0 Å². The van der Waals surface area contributed by atoms with Crippen LogP contribution in [0.2, 0.25) is 0 Å². The third-order valence-electron chi connectivity index (χ3n) is 34.5. The number of fused-ring (bicyclic) bond motifs is 3. The Kier molecular flexibility index (Phi) is 32.9. The summed E-state index contributed by atoms with van der Waals surface area (Å²) in [5, 5.41) is 37.6. The zero-order valence-corrected chi connectivity index (χ0v) is 83.9. The molecule has 0 spiro atoms. The third kappa shape index (κ3) is 24.9. The highest BCUT2D eigenvalue weighted by Crippen LogP contribution is 2.67. The van der Waals surface area contributed by atoms with Gasteiger partial charge in [-0.15, -0.1) is 12.3 Å². The van der Waals surface area contributed by atoms with Gasteiger partial charge >= 0.3 is 18.1 Å². The molecule has 16 rings (SSSR count). The minimum atomic E-state index is -1.18. The first-order chi connectivity index (χ1) is 66.5. The molecule has 31 nitrogen and oxygen atoms in total. The van der Waals surface area contributed by atoms with E-state index in [9.17, 15) is 77.0 Å². The molecule has 10 saturated carbocycles. The van der Waals surface area contributed by atoms with Crippen molar-refractivity contribution in [2.75, 3.05) is 19.6 Å². The highest BCUT2D eigenvalue weighted by Gasteiger charge is 2.73. The maximum atomic E-state index is 14.6. The molecule has 0 bridgehead atoms. The van der Waals surface area contributed by atoms with E-state index < -0.39 is 130 Å². The Balaban J connectivity index is 0.000000167. The summed E-state index contributed by atoms with van der Waals surface area (Å²) in [6, 6.07) is 18.3. The molecule has 140 heavy (non-hydrogen) atoms. The molecule has 3 saturated heterocycles. The van der Waals surface area contributed by atoms with Crippen molar-refractivity contribution in [3.8, 4) is 18.1 Å². The van der Waals surface area contributed by atoms with Crippen molar-refractivity contribution >= 4 is 88.6 Å². The van der Waals surface area contributed by atoms with E-state index in [1.807, 2.05) is 69.3 Å². The normalized spacial score (nSPS) is 26.4. The highest BCUT2D eigenvalue weighted by atomic mass is 16.3. The quantitative estimate of drug-likeness (QED) is 0.0192. The Hall–Kier alpha value is -10.9. The van der Waals surface area contributed by atoms with Crippen molar-refractivity contribution in [3.63, 3.8) is 0 Å². The number of nitrogens with zero attached hydrogens (tertiary/aromatic N) is 3. The molecule has 3 heterocycles. The lowest BCUT2D eigenvalue weighted by Crippen LogP contribution is -2.63. The molecule has 3 aromatic carbocycles. The number of piperidine rings is 3. The van der Waals surface area contributed by atoms with E-state index in [0.717, 1.165) is 204 Å². The van der Waals surface area contributed by atoms with E-state index in [2.05, 4.69) is 120 Å². The zero-order valence-electron chi connectivity index (χ0n) is 83.9. The predicted molar refractivity (Wildman–Crippen MR) is 528 cm³/mol. The molecule has 31 heteroatoms. The van der Waals surface area contributed by atoms with Crippen molar-refractivity contribution in [1.82, 2.24) is 62.6 Å². The summed E-state index contributed by atoms with van der Waals surface area (Å²) in [5.74, 6) is -4.88. The molecule has 3 unspecified atom stereocenters. The van der Waals surface area contributed by atoms with Gasteiger partial charge in [0.15, 0.2) is 0 Å². The number of urea groups is 3. The maximum absolute atomic E-state index is 14.6. The molecule has 0 aromatic heterocycles. The molecule has 3 aliphatic heterocycles. The van der Waals surface area contributed by atoms with E-state index in [-0.39, 0.29) is 129 Å². The van der Waals surface area contributed by atoms with Gasteiger partial charge in [-0.3, -0.25) is 57.5 Å². The van der Waals surface area contributed by atoms with Crippen LogP contribution in [0.5, 0.6) is 5.75 Å². The van der Waals surface area contributed by atoms with E-state index in [1.54, 1.807) is 26.8 Å². The van der Waals surface area contributed by atoms with Gasteiger partial charge in [-0.1, -0.05) is 257 Å². The van der Waals surface area contributed by atoms with Gasteiger partial charge in [0.25, 0.3) is 17.7 Å². The Labute approximate surface area is 825 Å². The Morgan fingerprint density at radius 1 is 0.400 bits per heavy atom. The summed E-state index contributed by atoms with van der Waals surface area (Å²) < 4.78 is 0. The van der Waals surface area contributed by atoms with E-state index >= 15 is 0 Å². The number of phenolic OH excluding ortho intramolecular Hbond substituents is 1. The first kappa shape index (κ1) is 105. The van der Waals surface area contributed by atoms with Crippen molar-refractivity contribution in [1.29, 1.82) is 0 Å². The number of phenols is 1. The van der Waals surface area contributed by atoms with Crippen molar-refractivity contribution in [2.24, 2.45) is 98.0 Å². The van der Waals surface area contributed by atoms with E-state index in [0.29, 0.717) is 45.3 Å². The number of hydrogen-bond donors (Lipinski definition) is 13. The first-order valence-corrected chi connectivity index (χ1v) is 52.4. The number of likely N-dealkylation sites (tertiary alicyclic amines) is 3. The third-order valence-corrected chi connectivity index (χ3v) is 34.5. The second-order valence-corrected chi connectivity index (χ2v) is 46.7. The second kappa shape index (κ2) is 43.9. The number of carbonyl (C=O) groups is 15. The summed E-state index contributed by atoms with van der Waals surface area (Å²) in [5.41, 5.74) is 16.8. The SMILES string of the molecule is C#CCCC(NC(=O)[C@@H]1[C@@H]2[C@H](CN1C(=O)[C@@H](NC(=O)NC1(Cc3ccccc3)CCCCC1)C(C)(C)C)C2(C)C)C(=O)C(N)=O.CC1(C)[C@@H]2[C@@H](C(=O)NC(CC3CC3)C(=O)C(N)=O)N(C(=O)[C@@H](NC(=O)NC3(Cc4cccc(O)c4)CCCCC3)C3CCCCC3)C[C@@H]21.CC1(C)[C@@H]2[C@@H](C(=O)NC(CC3CC3)C(=O)C(N)=O)N(C(=O)[C@@H](NC(=O)NC3(Cc4ccccc4)CCCCC3)C3CCCCC3)C[C@@H]21. The molecule has 16 N–H and O–H groups in total. The largest absolute Gasteiger partial charge is 0.508 e. The molecule has 13 fully saturated rings. The molecule has 3 aromatic rings. The topological polar surface area (TPSA) is 472 Å². The predicted octanol–water partition coefficient (Wildman–Crippen LogP) is 10.8. The Bertz CT molecular complexity index is 5080. The van der Waals surface area contributed by atoms with Gasteiger partial charge in [0.1, 0.15) is 42.0 Å².